The van der Waals surface area contributed by atoms with Gasteiger partial charge in [0, 0.05) is 18.1 Å². The van der Waals surface area contributed by atoms with Crippen LogP contribution >= 0.6 is 0 Å². The number of aliphatic hydroxyl groups excluding tert-OH is 2. The van der Waals surface area contributed by atoms with Gasteiger partial charge in [0.05, 0.1) is 12.2 Å². The highest BCUT2D eigenvalue weighted by atomic mass is 16.5. The van der Waals surface area contributed by atoms with Crippen LogP contribution in [0.25, 0.3) is 0 Å². The Kier molecular flexibility index (Phi) is 5.54. The summed E-state index contributed by atoms with van der Waals surface area (Å²) in [6, 6.07) is 3.44. The third-order valence-corrected chi connectivity index (χ3v) is 9.20. The maximum absolute atomic E-state index is 12.7. The number of ether oxygens (including phenoxy) is 1. The van der Waals surface area contributed by atoms with E-state index in [9.17, 15) is 20.1 Å². The number of hydrogen-bond acceptors (Lipinski definition) is 5. The number of carbonyl (C=O) groups is 1. The summed E-state index contributed by atoms with van der Waals surface area (Å²) in [5.41, 5.74) is 1.93. The van der Waals surface area contributed by atoms with E-state index in [-0.39, 0.29) is 29.0 Å². The molecule has 31 heavy (non-hydrogen) atoms. The summed E-state index contributed by atoms with van der Waals surface area (Å²) in [5, 5.41) is 31.3. The zero-order valence-electron chi connectivity index (χ0n) is 18.6. The monoisotopic (exact) mass is 428 g/mol. The first-order valence-corrected chi connectivity index (χ1v) is 12.3. The van der Waals surface area contributed by atoms with Crippen LogP contribution < -0.4 is 4.74 Å². The highest BCUT2D eigenvalue weighted by molar-refractivity contribution is 5.73. The van der Waals surface area contributed by atoms with Crippen molar-refractivity contribution in [3.8, 4) is 11.5 Å². The van der Waals surface area contributed by atoms with Crippen LogP contribution in [0.3, 0.4) is 0 Å². The molecule has 0 unspecified atom stereocenters. The van der Waals surface area contributed by atoms with Crippen LogP contribution in [-0.4, -0.2) is 33.5 Å². The summed E-state index contributed by atoms with van der Waals surface area (Å²) in [7, 11) is 0. The molecule has 5 heteroatoms. The number of phenolic OH excluding ortho intramolecular Hbond substituents is 1. The number of aryl methyl sites for hydroxylation is 1. The normalized spacial score (nSPS) is 37.2. The smallest absolute Gasteiger partial charge is 0.311 e. The largest absolute Gasteiger partial charge is 0.508 e. The van der Waals surface area contributed by atoms with Gasteiger partial charge < -0.3 is 20.1 Å². The van der Waals surface area contributed by atoms with Gasteiger partial charge in [-0.25, -0.2) is 0 Å². The standard InChI is InChI=1S/C26H36O5/c1-26-11-10-19-18(20(26)14-21(28)25(26)30)8-7-16-12-17(27)13-22(24(16)19)31-23(29)9-6-15-4-2-3-5-15/h12-13,15,18-21,25,27-28,30H,2-11,14H2,1H3/t18-,19+,20+,21-,25+,26+/m1/s1. The Hall–Kier alpha value is -1.59. The van der Waals surface area contributed by atoms with Crippen molar-refractivity contribution in [1.82, 2.24) is 0 Å². The molecule has 0 aromatic heterocycles. The van der Waals surface area contributed by atoms with Crippen molar-refractivity contribution in [2.75, 3.05) is 0 Å². The highest BCUT2D eigenvalue weighted by Gasteiger charge is 2.58. The summed E-state index contributed by atoms with van der Waals surface area (Å²) in [6.07, 6.45) is 9.21. The van der Waals surface area contributed by atoms with Crippen LogP contribution in [0.4, 0.5) is 0 Å². The van der Waals surface area contributed by atoms with E-state index in [1.54, 1.807) is 6.07 Å². The number of aromatic hydroxyl groups is 1. The van der Waals surface area contributed by atoms with Crippen molar-refractivity contribution in [2.45, 2.75) is 95.7 Å². The third-order valence-electron chi connectivity index (χ3n) is 9.20. The Balaban J connectivity index is 1.38. The summed E-state index contributed by atoms with van der Waals surface area (Å²) in [4.78, 5) is 12.7. The Labute approximate surface area is 184 Å². The summed E-state index contributed by atoms with van der Waals surface area (Å²) >= 11 is 0. The number of esters is 1. The molecule has 3 N–H and O–H groups in total. The Morgan fingerprint density at radius 2 is 1.94 bits per heavy atom. The molecule has 0 radical (unpaired) electrons. The van der Waals surface area contributed by atoms with Gasteiger partial charge in [-0.05, 0) is 79.2 Å². The van der Waals surface area contributed by atoms with Crippen molar-refractivity contribution in [2.24, 2.45) is 23.2 Å². The molecule has 3 fully saturated rings. The van der Waals surface area contributed by atoms with Gasteiger partial charge in [-0.3, -0.25) is 4.79 Å². The molecule has 0 amide bonds. The molecule has 0 bridgehead atoms. The van der Waals surface area contributed by atoms with Crippen molar-refractivity contribution >= 4 is 5.97 Å². The first-order chi connectivity index (χ1) is 14.9. The SMILES string of the molecule is C[C@]12CC[C@@H]3c4c(cc(O)cc4OC(=O)CCC4CCCC4)CC[C@H]3[C@@H]1C[C@@H](O)[C@@H]2O. The van der Waals surface area contributed by atoms with E-state index in [1.807, 2.05) is 6.07 Å². The van der Waals surface area contributed by atoms with E-state index in [1.165, 1.54) is 25.7 Å². The van der Waals surface area contributed by atoms with Crippen LogP contribution in [0.5, 0.6) is 11.5 Å². The fraction of sp³-hybridized carbons (Fsp3) is 0.731. The lowest BCUT2D eigenvalue weighted by atomic mass is 9.55. The van der Waals surface area contributed by atoms with Crippen LogP contribution in [0.15, 0.2) is 12.1 Å². The van der Waals surface area contributed by atoms with Crippen molar-refractivity contribution < 1.29 is 24.9 Å². The lowest BCUT2D eigenvalue weighted by Gasteiger charge is -2.50. The molecule has 1 aromatic carbocycles. The van der Waals surface area contributed by atoms with E-state index in [0.29, 0.717) is 30.4 Å². The molecule has 170 valence electrons. The van der Waals surface area contributed by atoms with E-state index < -0.39 is 12.2 Å². The minimum Gasteiger partial charge on any atom is -0.508 e. The molecule has 0 heterocycles. The second-order valence-corrected chi connectivity index (χ2v) is 10.9. The van der Waals surface area contributed by atoms with E-state index in [0.717, 1.165) is 43.2 Å². The fourth-order valence-corrected chi connectivity index (χ4v) is 7.53. The predicted octanol–water partition coefficient (Wildman–Crippen LogP) is 4.46. The fourth-order valence-electron chi connectivity index (χ4n) is 7.53. The Morgan fingerprint density at radius 3 is 2.71 bits per heavy atom. The van der Waals surface area contributed by atoms with E-state index in [2.05, 4.69) is 6.92 Å². The van der Waals surface area contributed by atoms with Crippen LogP contribution in [0.2, 0.25) is 0 Å². The molecular formula is C26H36O5. The number of benzene rings is 1. The van der Waals surface area contributed by atoms with E-state index in [4.69, 9.17) is 4.74 Å². The van der Waals surface area contributed by atoms with Gasteiger partial charge in [-0.2, -0.15) is 0 Å². The quantitative estimate of drug-likeness (QED) is 0.487. The van der Waals surface area contributed by atoms with Gasteiger partial charge in [0.25, 0.3) is 0 Å². The summed E-state index contributed by atoms with van der Waals surface area (Å²) in [6.45, 7) is 2.13. The first kappa shape index (κ1) is 21.3. The third kappa shape index (κ3) is 3.68. The molecular weight excluding hydrogens is 392 g/mol. The van der Waals surface area contributed by atoms with Crippen LogP contribution in [0, 0.1) is 23.2 Å². The highest BCUT2D eigenvalue weighted by Crippen LogP contribution is 2.62. The molecule has 6 atom stereocenters. The molecule has 1 aromatic rings. The van der Waals surface area contributed by atoms with Gasteiger partial charge in [-0.15, -0.1) is 0 Å². The number of rotatable bonds is 4. The van der Waals surface area contributed by atoms with Crippen LogP contribution in [0.1, 0.15) is 88.2 Å². The molecule has 4 aliphatic carbocycles. The maximum Gasteiger partial charge on any atom is 0.311 e. The lowest BCUT2D eigenvalue weighted by Crippen LogP contribution is -2.45. The Morgan fingerprint density at radius 1 is 1.16 bits per heavy atom. The average Bonchev–Trinajstić information content (AvgIpc) is 3.33. The molecule has 0 saturated heterocycles. The number of phenols is 1. The predicted molar refractivity (Wildman–Crippen MR) is 117 cm³/mol. The second-order valence-electron chi connectivity index (χ2n) is 10.9. The molecule has 0 aliphatic heterocycles. The molecule has 4 aliphatic rings. The van der Waals surface area contributed by atoms with Gasteiger partial charge >= 0.3 is 5.97 Å². The first-order valence-electron chi connectivity index (χ1n) is 12.3. The molecule has 3 saturated carbocycles. The second kappa shape index (κ2) is 8.08. The molecule has 0 spiro atoms. The van der Waals surface area contributed by atoms with Crippen molar-refractivity contribution in [1.29, 1.82) is 0 Å². The van der Waals surface area contributed by atoms with E-state index >= 15 is 0 Å². The minimum absolute atomic E-state index is 0.156. The van der Waals surface area contributed by atoms with Crippen molar-refractivity contribution in [3.63, 3.8) is 0 Å². The summed E-state index contributed by atoms with van der Waals surface area (Å²) in [5.74, 6) is 2.01. The minimum atomic E-state index is -0.660. The van der Waals surface area contributed by atoms with Gasteiger partial charge in [-0.1, -0.05) is 32.6 Å². The van der Waals surface area contributed by atoms with Crippen LogP contribution in [-0.2, 0) is 11.2 Å². The molecule has 5 nitrogen and oxygen atoms in total. The number of fused-ring (bicyclic) bond motifs is 5. The zero-order valence-corrected chi connectivity index (χ0v) is 18.6. The number of hydrogen-bond donors (Lipinski definition) is 3. The molecule has 5 rings (SSSR count). The van der Waals surface area contributed by atoms with Crippen molar-refractivity contribution in [3.05, 3.63) is 23.3 Å². The summed E-state index contributed by atoms with van der Waals surface area (Å²) < 4.78 is 5.88. The zero-order chi connectivity index (χ0) is 21.8. The van der Waals surface area contributed by atoms with Gasteiger partial charge in [0.1, 0.15) is 11.5 Å². The number of aliphatic hydroxyl groups is 2. The number of carbonyl (C=O) groups excluding carboxylic acids is 1. The average molecular weight is 429 g/mol. The Bertz CT molecular complexity index is 844. The lowest BCUT2D eigenvalue weighted by molar-refractivity contribution is -0.134. The van der Waals surface area contributed by atoms with Gasteiger partial charge in [0.15, 0.2) is 0 Å². The topological polar surface area (TPSA) is 87.0 Å². The van der Waals surface area contributed by atoms with Gasteiger partial charge in [0.2, 0.25) is 0 Å². The maximum atomic E-state index is 12.7.